The van der Waals surface area contributed by atoms with Gasteiger partial charge in [0, 0.05) is 0 Å². The first kappa shape index (κ1) is 26.6. The number of nitrogens with two attached hydrogens (primary N) is 1. The number of nitrogens with one attached hydrogen (secondary N) is 1. The highest BCUT2D eigenvalue weighted by molar-refractivity contribution is 9.10. The van der Waals surface area contributed by atoms with E-state index in [1.54, 1.807) is 0 Å². The number of hydrogen-bond donors (Lipinski definition) is 2. The zero-order chi connectivity index (χ0) is 19.6. The van der Waals surface area contributed by atoms with E-state index in [-0.39, 0.29) is 5.91 Å². The van der Waals surface area contributed by atoms with Crippen molar-refractivity contribution >= 4 is 27.9 Å². The molecule has 150 valence electrons. The van der Waals surface area contributed by atoms with Gasteiger partial charge in [0.05, 0.1) is 0 Å². The first-order chi connectivity index (χ1) is 11.9. The van der Waals surface area contributed by atoms with Crippen molar-refractivity contribution in [1.29, 1.82) is 0 Å². The zero-order valence-electron chi connectivity index (χ0n) is 17.0. The van der Waals surface area contributed by atoms with Crippen molar-refractivity contribution in [2.45, 2.75) is 115 Å². The van der Waals surface area contributed by atoms with Crippen molar-refractivity contribution in [2.75, 3.05) is 0 Å². The van der Waals surface area contributed by atoms with Gasteiger partial charge in [-0.25, -0.2) is 4.79 Å². The zero-order valence-corrected chi connectivity index (χ0v) is 18.6. The topological polar surface area (TPSA) is 72.2 Å². The molecule has 3 amide bonds. The van der Waals surface area contributed by atoms with Gasteiger partial charge in [0.15, 0.2) is 0 Å². The van der Waals surface area contributed by atoms with Crippen LogP contribution in [0.3, 0.4) is 0 Å². The lowest BCUT2D eigenvalue weighted by molar-refractivity contribution is -0.122. The molecule has 0 saturated carbocycles. The predicted octanol–water partition coefficient (Wildman–Crippen LogP) is 6.45. The molecule has 0 bridgehead atoms. The van der Waals surface area contributed by atoms with Gasteiger partial charge in [0.1, 0.15) is 4.32 Å². The molecule has 0 aliphatic rings. The van der Waals surface area contributed by atoms with Crippen LogP contribution < -0.4 is 11.1 Å². The monoisotopic (exact) mass is 420 g/mol. The highest BCUT2D eigenvalue weighted by atomic mass is 79.9. The normalized spacial score (nSPS) is 10.8. The van der Waals surface area contributed by atoms with Gasteiger partial charge in [0.2, 0.25) is 5.91 Å². The summed E-state index contributed by atoms with van der Waals surface area (Å²) < 4.78 is -0.665. The van der Waals surface area contributed by atoms with Crippen LogP contribution in [0.5, 0.6) is 0 Å². The molecule has 0 aromatic carbocycles. The largest absolute Gasteiger partial charge is 0.351 e. The van der Waals surface area contributed by atoms with E-state index in [4.69, 9.17) is 5.73 Å². The van der Waals surface area contributed by atoms with Crippen LogP contribution in [0.15, 0.2) is 0 Å². The summed E-state index contributed by atoms with van der Waals surface area (Å²) in [4.78, 5) is 21.6. The number of hydrogen-bond acceptors (Lipinski definition) is 2. The van der Waals surface area contributed by atoms with Crippen LogP contribution in [-0.2, 0) is 4.79 Å². The van der Waals surface area contributed by atoms with Crippen LogP contribution in [0.1, 0.15) is 111 Å². The molecule has 0 fully saturated rings. The van der Waals surface area contributed by atoms with Crippen LogP contribution in [0.2, 0.25) is 0 Å². The van der Waals surface area contributed by atoms with Crippen molar-refractivity contribution in [3.8, 4) is 0 Å². The van der Waals surface area contributed by atoms with Gasteiger partial charge in [-0.3, -0.25) is 10.1 Å². The summed E-state index contributed by atoms with van der Waals surface area (Å²) in [6.45, 7) is 8.28. The van der Waals surface area contributed by atoms with E-state index in [2.05, 4.69) is 29.8 Å². The summed E-state index contributed by atoms with van der Waals surface area (Å²) in [6.07, 6.45) is 17.2. The number of unbranched alkanes of at least 4 members (excludes halogenated alkanes) is 10. The highest BCUT2D eigenvalue weighted by Gasteiger charge is 2.32. The van der Waals surface area contributed by atoms with E-state index in [9.17, 15) is 9.59 Å². The lowest BCUT2D eigenvalue weighted by Crippen LogP contribution is -2.46. The Labute approximate surface area is 164 Å². The van der Waals surface area contributed by atoms with Crippen LogP contribution in [0, 0.1) is 0 Å². The number of alkyl halides is 1. The Morgan fingerprint density at radius 2 is 1.08 bits per heavy atom. The Bertz CT molecular complexity index is 322. The van der Waals surface area contributed by atoms with E-state index in [0.29, 0.717) is 12.8 Å². The second kappa shape index (κ2) is 18.2. The summed E-state index contributed by atoms with van der Waals surface area (Å²) in [7, 11) is 0. The molecule has 0 rings (SSSR count). The van der Waals surface area contributed by atoms with E-state index in [1.165, 1.54) is 70.6 Å². The molecular weight excluding hydrogens is 380 g/mol. The molecule has 0 spiro atoms. The Kier molecular flexibility index (Phi) is 19.4. The molecule has 4 nitrogen and oxygen atoms in total. The second-order valence-corrected chi connectivity index (χ2v) is 8.19. The smallest absolute Gasteiger partial charge is 0.318 e. The Morgan fingerprint density at radius 3 is 1.32 bits per heavy atom. The van der Waals surface area contributed by atoms with Gasteiger partial charge >= 0.3 is 6.03 Å². The number of rotatable bonds is 13. The quantitative estimate of drug-likeness (QED) is 0.265. The molecular formula is C20H41BrN2O2. The minimum Gasteiger partial charge on any atom is -0.351 e. The molecule has 0 aromatic rings. The van der Waals surface area contributed by atoms with Gasteiger partial charge in [-0.1, -0.05) is 114 Å². The van der Waals surface area contributed by atoms with E-state index < -0.39 is 10.4 Å². The average molecular weight is 421 g/mol. The number of carbonyl (C=O) groups is 2. The molecule has 25 heavy (non-hydrogen) atoms. The maximum atomic E-state index is 11.3. The maximum absolute atomic E-state index is 11.3. The Balaban J connectivity index is 0. The fourth-order valence-corrected chi connectivity index (χ4v) is 2.63. The molecule has 3 N–H and O–H groups in total. The molecule has 0 atom stereocenters. The minimum absolute atomic E-state index is 0.375. The molecule has 0 heterocycles. The summed E-state index contributed by atoms with van der Waals surface area (Å²) in [5.74, 6) is -0.375. The lowest BCUT2D eigenvalue weighted by Gasteiger charge is -2.21. The van der Waals surface area contributed by atoms with Gasteiger partial charge in [-0.05, 0) is 12.8 Å². The molecule has 5 heteroatoms. The molecule has 0 saturated heterocycles. The van der Waals surface area contributed by atoms with Crippen molar-refractivity contribution in [3.05, 3.63) is 0 Å². The summed E-state index contributed by atoms with van der Waals surface area (Å²) in [6, 6.07) is -0.814. The van der Waals surface area contributed by atoms with Gasteiger partial charge in [-0.2, -0.15) is 0 Å². The van der Waals surface area contributed by atoms with Crippen molar-refractivity contribution < 1.29 is 9.59 Å². The Morgan fingerprint density at radius 1 is 0.760 bits per heavy atom. The van der Waals surface area contributed by atoms with Crippen molar-refractivity contribution in [1.82, 2.24) is 5.32 Å². The average Bonchev–Trinajstić information content (AvgIpc) is 2.59. The van der Waals surface area contributed by atoms with E-state index >= 15 is 0 Å². The van der Waals surface area contributed by atoms with Crippen LogP contribution in [0.25, 0.3) is 0 Å². The third-order valence-electron chi connectivity index (χ3n) is 4.47. The van der Waals surface area contributed by atoms with Crippen LogP contribution in [-0.4, -0.2) is 16.3 Å². The van der Waals surface area contributed by atoms with Gasteiger partial charge in [0.25, 0.3) is 0 Å². The molecule has 0 aliphatic heterocycles. The molecule has 0 aliphatic carbocycles. The third-order valence-corrected chi connectivity index (χ3v) is 5.95. The third kappa shape index (κ3) is 16.6. The van der Waals surface area contributed by atoms with Crippen LogP contribution in [0.4, 0.5) is 4.79 Å². The summed E-state index contributed by atoms with van der Waals surface area (Å²) >= 11 is 3.26. The maximum Gasteiger partial charge on any atom is 0.318 e. The Hall–Kier alpha value is -0.580. The van der Waals surface area contributed by atoms with Crippen LogP contribution >= 0.6 is 15.9 Å². The molecule has 0 radical (unpaired) electrons. The SMILES string of the molecule is CCC(Br)(CC)C(=O)NC(N)=O.CCCCCCCCCCCCC. The lowest BCUT2D eigenvalue weighted by atomic mass is 10.0. The van der Waals surface area contributed by atoms with E-state index in [1.807, 2.05) is 19.2 Å². The molecule has 0 unspecified atom stereocenters. The second-order valence-electron chi connectivity index (χ2n) is 6.67. The van der Waals surface area contributed by atoms with Crippen molar-refractivity contribution in [3.63, 3.8) is 0 Å². The first-order valence-electron chi connectivity index (χ1n) is 10.2. The fraction of sp³-hybridized carbons (Fsp3) is 0.900. The predicted molar refractivity (Wildman–Crippen MR) is 112 cm³/mol. The number of primary amides is 1. The standard InChI is InChI=1S/C13H28.C7H13BrN2O2/c1-3-5-7-9-11-13-12-10-8-6-4-2;1-3-7(8,4-2)5(11)10-6(9)12/h3-13H2,1-2H3;3-4H2,1-2H3,(H3,9,10,11,12). The number of carbonyl (C=O) groups excluding carboxylic acids is 2. The fourth-order valence-electron chi connectivity index (χ4n) is 2.53. The minimum atomic E-state index is -0.814. The van der Waals surface area contributed by atoms with Gasteiger partial charge < -0.3 is 5.73 Å². The number of halogens is 1. The first-order valence-corrected chi connectivity index (χ1v) is 11.0. The molecule has 0 aromatic heterocycles. The van der Waals surface area contributed by atoms with Gasteiger partial charge in [-0.15, -0.1) is 0 Å². The summed E-state index contributed by atoms with van der Waals surface area (Å²) in [5, 5.41) is 2.04. The number of urea groups is 1. The number of amides is 3. The number of imide groups is 1. The highest BCUT2D eigenvalue weighted by Crippen LogP contribution is 2.26. The van der Waals surface area contributed by atoms with E-state index in [0.717, 1.165) is 0 Å². The summed E-state index contributed by atoms with van der Waals surface area (Å²) in [5.41, 5.74) is 4.81. The van der Waals surface area contributed by atoms with Crippen molar-refractivity contribution in [2.24, 2.45) is 5.73 Å².